The summed E-state index contributed by atoms with van der Waals surface area (Å²) in [6.07, 6.45) is 4.15. The van der Waals surface area contributed by atoms with Crippen molar-refractivity contribution in [2.75, 3.05) is 18.6 Å². The number of hydrogen-bond acceptors (Lipinski definition) is 4. The summed E-state index contributed by atoms with van der Waals surface area (Å²) >= 11 is 1.84. The molecule has 0 saturated heterocycles. The Morgan fingerprint density at radius 2 is 2.44 bits per heavy atom. The highest BCUT2D eigenvalue weighted by Gasteiger charge is 2.20. The minimum absolute atomic E-state index is 0.195. The van der Waals surface area contributed by atoms with E-state index in [0.717, 1.165) is 31.0 Å². The Kier molecular flexibility index (Phi) is 4.09. The van der Waals surface area contributed by atoms with E-state index in [1.54, 1.807) is 0 Å². The van der Waals surface area contributed by atoms with E-state index in [1.807, 2.05) is 11.8 Å². The molecular weight excluding hydrogens is 220 g/mol. The van der Waals surface area contributed by atoms with Gasteiger partial charge in [0.2, 0.25) is 0 Å². The van der Waals surface area contributed by atoms with Crippen LogP contribution in [0.25, 0.3) is 0 Å². The summed E-state index contributed by atoms with van der Waals surface area (Å²) in [5.74, 6) is 7.77. The van der Waals surface area contributed by atoms with Crippen LogP contribution in [0.3, 0.4) is 0 Å². The third-order valence-electron chi connectivity index (χ3n) is 2.93. The molecule has 2 rings (SSSR count). The van der Waals surface area contributed by atoms with Crippen molar-refractivity contribution in [2.45, 2.75) is 18.9 Å². The predicted octanol–water partition coefficient (Wildman–Crippen LogP) is 1.88. The van der Waals surface area contributed by atoms with Crippen molar-refractivity contribution in [1.82, 2.24) is 5.43 Å². The molecule has 1 aromatic rings. The first-order chi connectivity index (χ1) is 7.86. The number of hydrogen-bond donors (Lipinski definition) is 2. The highest BCUT2D eigenvalue weighted by Crippen LogP contribution is 2.34. The van der Waals surface area contributed by atoms with Crippen molar-refractivity contribution in [3.05, 3.63) is 29.3 Å². The van der Waals surface area contributed by atoms with E-state index in [9.17, 15) is 0 Å². The van der Waals surface area contributed by atoms with Crippen molar-refractivity contribution in [2.24, 2.45) is 5.84 Å². The molecule has 3 nitrogen and oxygen atoms in total. The average Bonchev–Trinajstić information content (AvgIpc) is 2.78. The predicted molar refractivity (Wildman–Crippen MR) is 68.7 cm³/mol. The van der Waals surface area contributed by atoms with Gasteiger partial charge >= 0.3 is 0 Å². The van der Waals surface area contributed by atoms with E-state index >= 15 is 0 Å². The first kappa shape index (κ1) is 11.8. The Balaban J connectivity index is 2.21. The Morgan fingerprint density at radius 3 is 3.19 bits per heavy atom. The standard InChI is InChI=1S/C12H18N2OS/c1-16-8-6-11(14-13)10-4-2-3-9-5-7-15-12(9)10/h2-4,11,14H,5-8,13H2,1H3. The lowest BCUT2D eigenvalue weighted by Crippen LogP contribution is -2.28. The maximum atomic E-state index is 5.69. The fraction of sp³-hybridized carbons (Fsp3) is 0.500. The summed E-state index contributed by atoms with van der Waals surface area (Å²) in [5, 5.41) is 0. The van der Waals surface area contributed by atoms with Crippen molar-refractivity contribution < 1.29 is 4.74 Å². The largest absolute Gasteiger partial charge is 0.493 e. The van der Waals surface area contributed by atoms with Crippen LogP contribution in [0, 0.1) is 0 Å². The first-order valence-corrected chi connectivity index (χ1v) is 6.96. The molecule has 0 radical (unpaired) electrons. The summed E-state index contributed by atoms with van der Waals surface area (Å²) in [6.45, 7) is 0.798. The lowest BCUT2D eigenvalue weighted by atomic mass is 10.0. The van der Waals surface area contributed by atoms with Gasteiger partial charge in [0, 0.05) is 12.0 Å². The number of hydrazine groups is 1. The maximum Gasteiger partial charge on any atom is 0.127 e. The smallest absolute Gasteiger partial charge is 0.127 e. The van der Waals surface area contributed by atoms with Crippen molar-refractivity contribution in [1.29, 1.82) is 0 Å². The second kappa shape index (κ2) is 5.57. The van der Waals surface area contributed by atoms with E-state index in [1.165, 1.54) is 11.1 Å². The lowest BCUT2D eigenvalue weighted by molar-refractivity contribution is 0.348. The van der Waals surface area contributed by atoms with Gasteiger partial charge in [-0.15, -0.1) is 0 Å². The summed E-state index contributed by atoms with van der Waals surface area (Å²) in [6, 6.07) is 6.52. The molecule has 0 saturated carbocycles. The van der Waals surface area contributed by atoms with Crippen molar-refractivity contribution >= 4 is 11.8 Å². The molecule has 1 atom stereocenters. The summed E-state index contributed by atoms with van der Waals surface area (Å²) in [4.78, 5) is 0. The minimum Gasteiger partial charge on any atom is -0.493 e. The van der Waals surface area contributed by atoms with Crippen LogP contribution in [-0.4, -0.2) is 18.6 Å². The number of thioether (sulfide) groups is 1. The molecule has 0 aliphatic carbocycles. The third-order valence-corrected chi connectivity index (χ3v) is 3.58. The summed E-state index contributed by atoms with van der Waals surface area (Å²) < 4.78 is 5.69. The average molecular weight is 238 g/mol. The number of nitrogens with one attached hydrogen (secondary N) is 1. The molecule has 1 unspecified atom stereocenters. The molecule has 0 amide bonds. The second-order valence-corrected chi connectivity index (χ2v) is 4.92. The van der Waals surface area contributed by atoms with Gasteiger partial charge in [-0.25, -0.2) is 0 Å². The van der Waals surface area contributed by atoms with Crippen LogP contribution in [0.2, 0.25) is 0 Å². The Hall–Kier alpha value is -0.710. The van der Waals surface area contributed by atoms with Crippen LogP contribution in [0.15, 0.2) is 18.2 Å². The number of para-hydroxylation sites is 1. The highest BCUT2D eigenvalue weighted by molar-refractivity contribution is 7.98. The van der Waals surface area contributed by atoms with Gasteiger partial charge in [-0.3, -0.25) is 11.3 Å². The highest BCUT2D eigenvalue weighted by atomic mass is 32.2. The van der Waals surface area contributed by atoms with Crippen molar-refractivity contribution in [3.8, 4) is 5.75 Å². The van der Waals surface area contributed by atoms with Crippen molar-refractivity contribution in [3.63, 3.8) is 0 Å². The van der Waals surface area contributed by atoms with E-state index in [0.29, 0.717) is 0 Å². The number of fused-ring (bicyclic) bond motifs is 1. The molecule has 0 spiro atoms. The van der Waals surface area contributed by atoms with Gasteiger partial charge in [-0.1, -0.05) is 18.2 Å². The molecule has 0 aromatic heterocycles. The number of nitrogens with two attached hydrogens (primary N) is 1. The van der Waals surface area contributed by atoms with Crippen LogP contribution in [0.5, 0.6) is 5.75 Å². The van der Waals surface area contributed by atoms with E-state index < -0.39 is 0 Å². The van der Waals surface area contributed by atoms with Gasteiger partial charge in [0.15, 0.2) is 0 Å². The molecule has 3 N–H and O–H groups in total. The van der Waals surface area contributed by atoms with Crippen LogP contribution in [-0.2, 0) is 6.42 Å². The third kappa shape index (κ3) is 2.34. The fourth-order valence-corrected chi connectivity index (χ4v) is 2.55. The van der Waals surface area contributed by atoms with Gasteiger partial charge in [0.05, 0.1) is 12.6 Å². The molecule has 1 aliphatic rings. The van der Waals surface area contributed by atoms with Gasteiger partial charge in [-0.05, 0) is 24.0 Å². The Labute approximate surface area is 101 Å². The molecule has 0 fully saturated rings. The van der Waals surface area contributed by atoms with E-state index in [-0.39, 0.29) is 6.04 Å². The van der Waals surface area contributed by atoms with Gasteiger partial charge in [-0.2, -0.15) is 11.8 Å². The van der Waals surface area contributed by atoms with Crippen LogP contribution in [0.4, 0.5) is 0 Å². The Bertz CT molecular complexity index is 357. The number of ether oxygens (including phenoxy) is 1. The van der Waals surface area contributed by atoms with E-state index in [2.05, 4.69) is 29.9 Å². The molecule has 16 heavy (non-hydrogen) atoms. The second-order valence-electron chi connectivity index (χ2n) is 3.93. The maximum absolute atomic E-state index is 5.69. The fourth-order valence-electron chi connectivity index (χ4n) is 2.08. The molecule has 88 valence electrons. The number of benzene rings is 1. The monoisotopic (exact) mass is 238 g/mol. The molecular formula is C12H18N2OS. The van der Waals surface area contributed by atoms with Crippen LogP contribution < -0.4 is 16.0 Å². The zero-order valence-corrected chi connectivity index (χ0v) is 10.3. The SMILES string of the molecule is CSCCC(NN)c1cccc2c1OCC2. The van der Waals surface area contributed by atoms with Gasteiger partial charge < -0.3 is 4.74 Å². The quantitative estimate of drug-likeness (QED) is 0.607. The molecule has 4 heteroatoms. The summed E-state index contributed by atoms with van der Waals surface area (Å²) in [5.41, 5.74) is 5.40. The zero-order chi connectivity index (χ0) is 11.4. The number of rotatable bonds is 5. The lowest BCUT2D eigenvalue weighted by Gasteiger charge is -2.18. The topological polar surface area (TPSA) is 47.3 Å². The molecule has 1 heterocycles. The van der Waals surface area contributed by atoms with Crippen LogP contribution in [0.1, 0.15) is 23.6 Å². The molecule has 1 aliphatic heterocycles. The van der Waals surface area contributed by atoms with Crippen LogP contribution >= 0.6 is 11.8 Å². The Morgan fingerprint density at radius 1 is 1.56 bits per heavy atom. The first-order valence-electron chi connectivity index (χ1n) is 5.56. The molecule has 0 bridgehead atoms. The van der Waals surface area contributed by atoms with Gasteiger partial charge in [0.25, 0.3) is 0 Å². The van der Waals surface area contributed by atoms with Gasteiger partial charge in [0.1, 0.15) is 5.75 Å². The normalized spacial score (nSPS) is 15.6. The minimum atomic E-state index is 0.195. The zero-order valence-electron chi connectivity index (χ0n) is 9.53. The summed E-state index contributed by atoms with van der Waals surface area (Å²) in [7, 11) is 0. The van der Waals surface area contributed by atoms with E-state index in [4.69, 9.17) is 10.6 Å². The molecule has 1 aromatic carbocycles.